The zero-order valence-electron chi connectivity index (χ0n) is 13.0. The van der Waals surface area contributed by atoms with Gasteiger partial charge in [-0.3, -0.25) is 4.79 Å². The lowest BCUT2D eigenvalue weighted by atomic mass is 10.0. The van der Waals surface area contributed by atoms with E-state index in [0.717, 1.165) is 12.5 Å². The molecule has 7 heteroatoms. The van der Waals surface area contributed by atoms with Crippen LogP contribution in [0.4, 0.5) is 8.78 Å². The molecule has 0 spiro atoms. The number of rotatable bonds is 2. The van der Waals surface area contributed by atoms with Crippen molar-refractivity contribution in [1.82, 2.24) is 4.90 Å². The maximum absolute atomic E-state index is 13.7. The maximum atomic E-state index is 13.7. The molecule has 2 atom stereocenters. The number of morpholine rings is 1. The summed E-state index contributed by atoms with van der Waals surface area (Å²) >= 11 is 0. The molecular weight excluding hydrogens is 320 g/mol. The Labute approximate surface area is 137 Å². The van der Waals surface area contributed by atoms with E-state index in [9.17, 15) is 13.6 Å². The number of hydrogen-bond acceptors (Lipinski definition) is 4. The van der Waals surface area contributed by atoms with Gasteiger partial charge >= 0.3 is 0 Å². The molecule has 2 aliphatic rings. The highest BCUT2D eigenvalue weighted by Crippen LogP contribution is 2.27. The van der Waals surface area contributed by atoms with Crippen LogP contribution in [0.15, 0.2) is 22.8 Å². The van der Waals surface area contributed by atoms with Gasteiger partial charge in [0.1, 0.15) is 6.10 Å². The number of carbonyl (C=O) groups excluding carboxylic acids is 1. The van der Waals surface area contributed by atoms with Crippen LogP contribution in [0.3, 0.4) is 0 Å². The summed E-state index contributed by atoms with van der Waals surface area (Å²) in [7, 11) is 0. The van der Waals surface area contributed by atoms with Crippen LogP contribution in [0, 0.1) is 11.6 Å². The first kappa shape index (κ1) is 15.5. The molecule has 2 aromatic rings. The van der Waals surface area contributed by atoms with Gasteiger partial charge in [0.25, 0.3) is 0 Å². The molecule has 0 bridgehead atoms. The lowest BCUT2D eigenvalue weighted by Crippen LogP contribution is -2.57. The van der Waals surface area contributed by atoms with Gasteiger partial charge in [-0.15, -0.1) is 0 Å². The van der Waals surface area contributed by atoms with Crippen LogP contribution in [-0.2, 0) is 20.7 Å². The van der Waals surface area contributed by atoms with Crippen LogP contribution in [0.5, 0.6) is 0 Å². The van der Waals surface area contributed by atoms with E-state index in [-0.39, 0.29) is 30.1 Å². The van der Waals surface area contributed by atoms with Crippen molar-refractivity contribution < 1.29 is 27.5 Å². The van der Waals surface area contributed by atoms with Crippen molar-refractivity contribution in [1.29, 1.82) is 0 Å². The van der Waals surface area contributed by atoms with Crippen molar-refractivity contribution in [2.45, 2.75) is 25.0 Å². The average Bonchev–Trinajstić information content (AvgIpc) is 3.01. The summed E-state index contributed by atoms with van der Waals surface area (Å²) in [5.74, 6) is -2.06. The van der Waals surface area contributed by atoms with Gasteiger partial charge in [-0.25, -0.2) is 4.39 Å². The number of fused-ring (bicyclic) bond motifs is 2. The highest BCUT2D eigenvalue weighted by atomic mass is 19.2. The van der Waals surface area contributed by atoms with Crippen LogP contribution < -0.4 is 0 Å². The van der Waals surface area contributed by atoms with E-state index in [2.05, 4.69) is 0 Å². The lowest BCUT2D eigenvalue weighted by molar-refractivity contribution is -0.161. The van der Waals surface area contributed by atoms with Crippen molar-refractivity contribution in [3.63, 3.8) is 0 Å². The molecule has 0 radical (unpaired) electrons. The number of nitrogens with zero attached hydrogens (tertiary/aromatic N) is 1. The van der Waals surface area contributed by atoms with Gasteiger partial charge < -0.3 is 18.8 Å². The molecule has 1 aromatic carbocycles. The number of hydrogen-bond donors (Lipinski definition) is 0. The van der Waals surface area contributed by atoms with Gasteiger partial charge in [0.05, 0.1) is 31.9 Å². The fourth-order valence-electron chi connectivity index (χ4n) is 3.49. The predicted octanol–water partition coefficient (Wildman–Crippen LogP) is 2.27. The minimum Gasteiger partial charge on any atom is -0.461 e. The van der Waals surface area contributed by atoms with Crippen molar-refractivity contribution in [2.75, 3.05) is 26.4 Å². The first-order chi connectivity index (χ1) is 11.6. The lowest BCUT2D eigenvalue weighted by Gasteiger charge is -2.43. The highest BCUT2D eigenvalue weighted by molar-refractivity contribution is 5.88. The molecule has 4 rings (SSSR count). The summed E-state index contributed by atoms with van der Waals surface area (Å²) in [5.41, 5.74) is 0.410. The topological polar surface area (TPSA) is 51.9 Å². The highest BCUT2D eigenvalue weighted by Gasteiger charge is 2.37. The van der Waals surface area contributed by atoms with Crippen LogP contribution in [0.1, 0.15) is 12.0 Å². The average molecular weight is 337 g/mol. The second kappa shape index (κ2) is 6.14. The molecule has 2 saturated heterocycles. The molecule has 1 aromatic heterocycles. The van der Waals surface area contributed by atoms with Crippen molar-refractivity contribution in [3.05, 3.63) is 35.6 Å². The van der Waals surface area contributed by atoms with Crippen LogP contribution in [-0.4, -0.2) is 49.3 Å². The summed E-state index contributed by atoms with van der Waals surface area (Å²) in [4.78, 5) is 14.6. The van der Waals surface area contributed by atoms with Gasteiger partial charge in [-0.2, -0.15) is 4.39 Å². The third-order valence-corrected chi connectivity index (χ3v) is 4.71. The van der Waals surface area contributed by atoms with E-state index in [1.54, 1.807) is 0 Å². The monoisotopic (exact) mass is 337 g/mol. The van der Waals surface area contributed by atoms with Gasteiger partial charge in [0.15, 0.2) is 11.4 Å². The molecule has 128 valence electrons. The van der Waals surface area contributed by atoms with Crippen LogP contribution in [0.2, 0.25) is 0 Å². The molecular formula is C17H17F2NO4. The first-order valence-electron chi connectivity index (χ1n) is 7.98. The second-order valence-electron chi connectivity index (χ2n) is 6.10. The molecule has 2 aliphatic heterocycles. The molecule has 0 N–H and O–H groups in total. The van der Waals surface area contributed by atoms with Gasteiger partial charge in [0, 0.05) is 24.1 Å². The standard InChI is InChI=1S/C17H17F2NO4/c18-12-2-1-11-10(8-24-17(11)16(12)19)7-15(21)20-4-6-23-14-9-22-5-3-13(14)20/h1-2,8,13-14H,3-7,9H2/t13-,14+/m0/s1. The maximum Gasteiger partial charge on any atom is 0.227 e. The van der Waals surface area contributed by atoms with E-state index >= 15 is 0 Å². The van der Waals surface area contributed by atoms with E-state index in [4.69, 9.17) is 13.9 Å². The third kappa shape index (κ3) is 2.57. The van der Waals surface area contributed by atoms with E-state index in [0.29, 0.717) is 37.3 Å². The zero-order chi connectivity index (χ0) is 16.7. The van der Waals surface area contributed by atoms with Crippen molar-refractivity contribution in [3.8, 4) is 0 Å². The van der Waals surface area contributed by atoms with E-state index in [1.165, 1.54) is 12.3 Å². The molecule has 2 fully saturated rings. The normalized spacial score (nSPS) is 24.2. The second-order valence-corrected chi connectivity index (χ2v) is 6.10. The molecule has 0 saturated carbocycles. The molecule has 1 amide bonds. The summed E-state index contributed by atoms with van der Waals surface area (Å²) in [6.45, 7) is 2.10. The quantitative estimate of drug-likeness (QED) is 0.844. The number of halogens is 2. The zero-order valence-corrected chi connectivity index (χ0v) is 13.0. The molecule has 0 unspecified atom stereocenters. The first-order valence-corrected chi connectivity index (χ1v) is 7.98. The number of ether oxygens (including phenoxy) is 2. The van der Waals surface area contributed by atoms with Crippen LogP contribution in [0.25, 0.3) is 11.0 Å². The summed E-state index contributed by atoms with van der Waals surface area (Å²) in [5, 5.41) is 0.430. The fraction of sp³-hybridized carbons (Fsp3) is 0.471. The summed E-state index contributed by atoms with van der Waals surface area (Å²) in [6, 6.07) is 2.49. The number of furan rings is 1. The smallest absolute Gasteiger partial charge is 0.227 e. The Bertz CT molecular complexity index is 773. The fourth-order valence-corrected chi connectivity index (χ4v) is 3.49. The number of amides is 1. The van der Waals surface area contributed by atoms with Crippen molar-refractivity contribution in [2.24, 2.45) is 0 Å². The molecule has 24 heavy (non-hydrogen) atoms. The number of benzene rings is 1. The minimum absolute atomic E-state index is 0.00680. The minimum atomic E-state index is -1.03. The Kier molecular flexibility index (Phi) is 3.97. The Morgan fingerprint density at radius 1 is 1.29 bits per heavy atom. The Hall–Kier alpha value is -1.99. The van der Waals surface area contributed by atoms with E-state index in [1.807, 2.05) is 4.90 Å². The largest absolute Gasteiger partial charge is 0.461 e. The van der Waals surface area contributed by atoms with Crippen molar-refractivity contribution >= 4 is 16.9 Å². The summed E-state index contributed by atoms with van der Waals surface area (Å²) < 4.78 is 43.2. The third-order valence-electron chi connectivity index (χ3n) is 4.71. The summed E-state index contributed by atoms with van der Waals surface area (Å²) in [6.07, 6.45) is 2.06. The van der Waals surface area contributed by atoms with Crippen LogP contribution >= 0.6 is 0 Å². The molecule has 0 aliphatic carbocycles. The Balaban J connectivity index is 1.56. The predicted molar refractivity (Wildman–Crippen MR) is 80.5 cm³/mol. The van der Waals surface area contributed by atoms with Gasteiger partial charge in [-0.05, 0) is 18.6 Å². The SMILES string of the molecule is O=C(Cc1coc2c(F)c(F)ccc12)N1CCO[C@@H]2COCC[C@@H]21. The van der Waals surface area contributed by atoms with Gasteiger partial charge in [0.2, 0.25) is 11.7 Å². The van der Waals surface area contributed by atoms with Gasteiger partial charge in [-0.1, -0.05) is 0 Å². The van der Waals surface area contributed by atoms with E-state index < -0.39 is 11.6 Å². The molecule has 5 nitrogen and oxygen atoms in total. The number of carbonyl (C=O) groups is 1. The molecule has 3 heterocycles. The Morgan fingerprint density at radius 3 is 3.04 bits per heavy atom. The Morgan fingerprint density at radius 2 is 2.17 bits per heavy atom.